The number of carboxylic acid groups (broad SMARTS) is 1. The summed E-state index contributed by atoms with van der Waals surface area (Å²) in [6.07, 6.45) is 0.216. The molecule has 82 valence electrons. The van der Waals surface area contributed by atoms with Gasteiger partial charge in [-0.15, -0.1) is 0 Å². The molecule has 5 nitrogen and oxygen atoms in total. The Balaban J connectivity index is 4.15. The van der Waals surface area contributed by atoms with Crippen molar-refractivity contribution in [1.29, 1.82) is 0 Å². The van der Waals surface area contributed by atoms with Gasteiger partial charge < -0.3 is 19.5 Å². The van der Waals surface area contributed by atoms with E-state index in [1.165, 1.54) is 0 Å². The molecule has 0 aliphatic rings. The third-order valence-corrected chi connectivity index (χ3v) is 1.72. The topological polar surface area (TPSA) is 69.7 Å². The fraction of sp³-hybridized carbons (Fsp3) is 0.778. The maximum Gasteiger partial charge on any atom is 0.314 e. The van der Waals surface area contributed by atoms with E-state index in [1.54, 1.807) is 25.9 Å². The van der Waals surface area contributed by atoms with Crippen molar-refractivity contribution >= 4 is 11.9 Å². The fourth-order valence-corrected chi connectivity index (χ4v) is 0.962. The van der Waals surface area contributed by atoms with Crippen LogP contribution in [0.1, 0.15) is 13.3 Å². The highest BCUT2D eigenvalue weighted by atomic mass is 16.5. The van der Waals surface area contributed by atoms with Crippen LogP contribution < -0.4 is 5.11 Å². The first kappa shape index (κ1) is 12.9. The second-order valence-corrected chi connectivity index (χ2v) is 3.22. The van der Waals surface area contributed by atoms with Gasteiger partial charge in [0.05, 0.1) is 18.5 Å². The van der Waals surface area contributed by atoms with Gasteiger partial charge in [0.1, 0.15) is 0 Å². The Morgan fingerprint density at radius 3 is 2.36 bits per heavy atom. The summed E-state index contributed by atoms with van der Waals surface area (Å²) in [5, 5.41) is 10.6. The standard InChI is InChI=1S/C9H17NO4/c1-4-14-9(13)7(8(11)12)5-6-10(2)3/h7H,4-6H2,1-3H3,(H,11,12)/p-1. The number of hydrogen-bond donors (Lipinski definition) is 0. The molecule has 0 aliphatic heterocycles. The Morgan fingerprint density at radius 1 is 1.43 bits per heavy atom. The highest BCUT2D eigenvalue weighted by Crippen LogP contribution is 2.05. The minimum absolute atomic E-state index is 0.185. The summed E-state index contributed by atoms with van der Waals surface area (Å²) >= 11 is 0. The summed E-state index contributed by atoms with van der Waals surface area (Å²) in [5.74, 6) is -3.24. The smallest absolute Gasteiger partial charge is 0.314 e. The van der Waals surface area contributed by atoms with Crippen molar-refractivity contribution in [3.63, 3.8) is 0 Å². The Kier molecular flexibility index (Phi) is 5.87. The van der Waals surface area contributed by atoms with Crippen LogP contribution in [0.25, 0.3) is 0 Å². The molecule has 0 saturated heterocycles. The average molecular weight is 202 g/mol. The number of ether oxygens (including phenoxy) is 1. The normalized spacial score (nSPS) is 12.6. The maximum atomic E-state index is 11.1. The molecule has 0 rings (SSSR count). The van der Waals surface area contributed by atoms with Gasteiger partial charge in [-0.05, 0) is 34.0 Å². The molecule has 0 N–H and O–H groups in total. The number of hydrogen-bond acceptors (Lipinski definition) is 5. The van der Waals surface area contributed by atoms with Crippen molar-refractivity contribution in [2.45, 2.75) is 13.3 Å². The molecule has 0 fully saturated rings. The highest BCUT2D eigenvalue weighted by Gasteiger charge is 2.20. The predicted molar refractivity (Wildman–Crippen MR) is 48.3 cm³/mol. The van der Waals surface area contributed by atoms with Crippen molar-refractivity contribution in [3.05, 3.63) is 0 Å². The molecule has 1 unspecified atom stereocenters. The largest absolute Gasteiger partial charge is 0.549 e. The third kappa shape index (κ3) is 4.81. The summed E-state index contributed by atoms with van der Waals surface area (Å²) in [6, 6.07) is 0. The van der Waals surface area contributed by atoms with Gasteiger partial charge in [-0.2, -0.15) is 0 Å². The number of carbonyl (C=O) groups is 2. The van der Waals surface area contributed by atoms with E-state index in [1.807, 2.05) is 0 Å². The lowest BCUT2D eigenvalue weighted by Gasteiger charge is -2.18. The molecule has 0 spiro atoms. The van der Waals surface area contributed by atoms with E-state index in [-0.39, 0.29) is 13.0 Å². The van der Waals surface area contributed by atoms with Crippen LogP contribution in [-0.2, 0) is 14.3 Å². The van der Waals surface area contributed by atoms with E-state index in [4.69, 9.17) is 0 Å². The molecule has 0 heterocycles. The highest BCUT2D eigenvalue weighted by molar-refractivity contribution is 5.92. The molecule has 0 bridgehead atoms. The molecular weight excluding hydrogens is 186 g/mol. The molecule has 0 saturated carbocycles. The molecule has 5 heteroatoms. The van der Waals surface area contributed by atoms with Gasteiger partial charge in [-0.1, -0.05) is 0 Å². The lowest BCUT2D eigenvalue weighted by atomic mass is 10.1. The molecule has 0 aliphatic carbocycles. The minimum atomic E-state index is -1.37. The van der Waals surface area contributed by atoms with Gasteiger partial charge in [0.15, 0.2) is 0 Å². The van der Waals surface area contributed by atoms with Crippen LogP contribution in [0.15, 0.2) is 0 Å². The van der Waals surface area contributed by atoms with Gasteiger partial charge in [0, 0.05) is 0 Å². The fourth-order valence-electron chi connectivity index (χ4n) is 0.962. The van der Waals surface area contributed by atoms with Crippen LogP contribution in [0, 0.1) is 5.92 Å². The van der Waals surface area contributed by atoms with Crippen molar-refractivity contribution in [2.75, 3.05) is 27.2 Å². The SMILES string of the molecule is CCOC(=O)C(CCN(C)C)C(=O)[O-]. The summed E-state index contributed by atoms with van der Waals surface area (Å²) < 4.78 is 4.62. The van der Waals surface area contributed by atoms with E-state index in [9.17, 15) is 14.7 Å². The van der Waals surface area contributed by atoms with Gasteiger partial charge >= 0.3 is 5.97 Å². The molecule has 0 radical (unpaired) electrons. The molecular formula is C9H16NO4-. The Bertz CT molecular complexity index is 203. The van der Waals surface area contributed by atoms with Gasteiger partial charge in [0.25, 0.3) is 0 Å². The van der Waals surface area contributed by atoms with Crippen molar-refractivity contribution in [1.82, 2.24) is 4.90 Å². The van der Waals surface area contributed by atoms with E-state index in [0.717, 1.165) is 0 Å². The molecule has 14 heavy (non-hydrogen) atoms. The molecule has 0 amide bonds. The Hall–Kier alpha value is -1.10. The van der Waals surface area contributed by atoms with Crippen molar-refractivity contribution < 1.29 is 19.4 Å². The minimum Gasteiger partial charge on any atom is -0.549 e. The predicted octanol–water partition coefficient (Wildman–Crippen LogP) is -1.13. The second kappa shape index (κ2) is 6.37. The summed E-state index contributed by atoms with van der Waals surface area (Å²) in [6.45, 7) is 2.33. The molecule has 1 atom stereocenters. The zero-order valence-electron chi connectivity index (χ0n) is 8.78. The van der Waals surface area contributed by atoms with Gasteiger partial charge in [0.2, 0.25) is 0 Å². The number of carboxylic acids is 1. The second-order valence-electron chi connectivity index (χ2n) is 3.22. The molecule has 0 aromatic heterocycles. The van der Waals surface area contributed by atoms with E-state index < -0.39 is 17.9 Å². The van der Waals surface area contributed by atoms with Gasteiger partial charge in [-0.3, -0.25) is 4.79 Å². The van der Waals surface area contributed by atoms with Crippen molar-refractivity contribution in [3.8, 4) is 0 Å². The number of esters is 1. The first-order valence-corrected chi connectivity index (χ1v) is 4.51. The van der Waals surface area contributed by atoms with Crippen LogP contribution in [0.5, 0.6) is 0 Å². The zero-order chi connectivity index (χ0) is 11.1. The van der Waals surface area contributed by atoms with Crippen LogP contribution in [0.2, 0.25) is 0 Å². The Morgan fingerprint density at radius 2 is 2.00 bits per heavy atom. The number of aliphatic carboxylic acids is 1. The Labute approximate surface area is 83.6 Å². The van der Waals surface area contributed by atoms with Crippen LogP contribution >= 0.6 is 0 Å². The molecule has 0 aromatic rings. The number of nitrogens with zero attached hydrogens (tertiary/aromatic N) is 1. The van der Waals surface area contributed by atoms with Crippen LogP contribution in [0.3, 0.4) is 0 Å². The third-order valence-electron chi connectivity index (χ3n) is 1.72. The van der Waals surface area contributed by atoms with E-state index in [0.29, 0.717) is 6.54 Å². The molecule has 0 aromatic carbocycles. The van der Waals surface area contributed by atoms with Crippen LogP contribution in [-0.4, -0.2) is 44.1 Å². The van der Waals surface area contributed by atoms with Crippen LogP contribution in [0.4, 0.5) is 0 Å². The summed E-state index contributed by atoms with van der Waals surface area (Å²) in [5.41, 5.74) is 0. The first-order valence-electron chi connectivity index (χ1n) is 4.51. The average Bonchev–Trinajstić information content (AvgIpc) is 2.03. The quantitative estimate of drug-likeness (QED) is 0.402. The lowest BCUT2D eigenvalue weighted by Crippen LogP contribution is -2.39. The maximum absolute atomic E-state index is 11.1. The van der Waals surface area contributed by atoms with E-state index >= 15 is 0 Å². The summed E-state index contributed by atoms with van der Waals surface area (Å²) in [7, 11) is 3.61. The lowest BCUT2D eigenvalue weighted by molar-refractivity contribution is -0.311. The van der Waals surface area contributed by atoms with E-state index in [2.05, 4.69) is 4.74 Å². The van der Waals surface area contributed by atoms with Crippen molar-refractivity contribution in [2.24, 2.45) is 5.92 Å². The first-order chi connectivity index (χ1) is 6.49. The number of carbonyl (C=O) groups excluding carboxylic acids is 2. The monoisotopic (exact) mass is 202 g/mol. The van der Waals surface area contributed by atoms with Gasteiger partial charge in [-0.25, -0.2) is 0 Å². The zero-order valence-corrected chi connectivity index (χ0v) is 8.78. The number of rotatable bonds is 6. The summed E-state index contributed by atoms with van der Waals surface area (Å²) in [4.78, 5) is 23.5.